The molecule has 0 amide bonds. The first-order chi connectivity index (χ1) is 10.9. The lowest BCUT2D eigenvalue weighted by Gasteiger charge is -2.16. The Morgan fingerprint density at radius 1 is 1.09 bits per heavy atom. The number of para-hydroxylation sites is 1. The van der Waals surface area contributed by atoms with Gasteiger partial charge in [-0.3, -0.25) is 4.79 Å². The van der Waals surface area contributed by atoms with Crippen LogP contribution in [0.15, 0.2) is 42.5 Å². The highest BCUT2D eigenvalue weighted by molar-refractivity contribution is 6.43. The molecular formula is C17H19BO5. The molecule has 4 N–H and O–H groups in total. The first-order valence-electron chi connectivity index (χ1n) is 7.34. The number of carbonyl (C=O) groups is 1. The molecule has 1 unspecified atom stereocenters. The van der Waals surface area contributed by atoms with Gasteiger partial charge in [0.25, 0.3) is 0 Å². The van der Waals surface area contributed by atoms with Crippen LogP contribution in [0.3, 0.4) is 0 Å². The number of ketones is 1. The summed E-state index contributed by atoms with van der Waals surface area (Å²) in [5, 5.41) is 38.4. The number of rotatable bonds is 6. The van der Waals surface area contributed by atoms with Gasteiger partial charge in [0.05, 0.1) is 0 Å². The molecule has 23 heavy (non-hydrogen) atoms. The average molecular weight is 314 g/mol. The summed E-state index contributed by atoms with van der Waals surface area (Å²) in [5.41, 5.74) is 1.65. The summed E-state index contributed by atoms with van der Waals surface area (Å²) in [6.07, 6.45) is 0.102. The molecule has 0 spiro atoms. The van der Waals surface area contributed by atoms with Gasteiger partial charge in [0.15, 0.2) is 5.78 Å². The van der Waals surface area contributed by atoms with Crippen molar-refractivity contribution in [2.24, 2.45) is 0 Å². The van der Waals surface area contributed by atoms with Crippen molar-refractivity contribution in [3.63, 3.8) is 0 Å². The van der Waals surface area contributed by atoms with Gasteiger partial charge in [-0.05, 0) is 48.7 Å². The molecule has 2 rings (SSSR count). The van der Waals surface area contributed by atoms with Gasteiger partial charge in [-0.2, -0.15) is 0 Å². The highest BCUT2D eigenvalue weighted by atomic mass is 16.4. The van der Waals surface area contributed by atoms with Gasteiger partial charge < -0.3 is 20.3 Å². The molecule has 0 aliphatic heterocycles. The molecule has 120 valence electrons. The van der Waals surface area contributed by atoms with Crippen LogP contribution in [0.4, 0.5) is 0 Å². The van der Waals surface area contributed by atoms with Gasteiger partial charge in [0.2, 0.25) is 0 Å². The van der Waals surface area contributed by atoms with Crippen LogP contribution in [-0.4, -0.2) is 33.2 Å². The summed E-state index contributed by atoms with van der Waals surface area (Å²) in [6.45, 7) is 1.75. The van der Waals surface area contributed by atoms with Crippen LogP contribution in [0.25, 0.3) is 0 Å². The summed E-state index contributed by atoms with van der Waals surface area (Å²) in [6, 6.07) is 11.0. The highest BCUT2D eigenvalue weighted by Crippen LogP contribution is 2.29. The maximum atomic E-state index is 12.2. The van der Waals surface area contributed by atoms with Gasteiger partial charge in [0.1, 0.15) is 11.5 Å². The molecule has 5 nitrogen and oxygen atoms in total. The van der Waals surface area contributed by atoms with Crippen molar-refractivity contribution in [1.82, 2.24) is 0 Å². The molecular weight excluding hydrogens is 295 g/mol. The van der Waals surface area contributed by atoms with Crippen molar-refractivity contribution in [3.8, 4) is 11.5 Å². The number of carbonyl (C=O) groups excluding carboxylic acids is 1. The van der Waals surface area contributed by atoms with E-state index in [1.165, 1.54) is 24.3 Å². The molecule has 0 heterocycles. The molecule has 0 saturated heterocycles. The van der Waals surface area contributed by atoms with E-state index in [0.717, 1.165) is 0 Å². The van der Waals surface area contributed by atoms with Crippen LogP contribution in [0.5, 0.6) is 11.5 Å². The van der Waals surface area contributed by atoms with Gasteiger partial charge in [0, 0.05) is 17.8 Å². The first kappa shape index (κ1) is 17.1. The number of hydrogen-bond acceptors (Lipinski definition) is 5. The van der Waals surface area contributed by atoms with Crippen molar-refractivity contribution >= 4 is 12.9 Å². The second-order valence-electron chi connectivity index (χ2n) is 5.63. The minimum atomic E-state index is -1.67. The number of aromatic hydroxyl groups is 2. The van der Waals surface area contributed by atoms with E-state index in [0.29, 0.717) is 16.7 Å². The summed E-state index contributed by atoms with van der Waals surface area (Å²) in [4.78, 5) is 12.2. The molecule has 6 heteroatoms. The van der Waals surface area contributed by atoms with E-state index in [1.54, 1.807) is 25.1 Å². The standard InChI is InChI=1S/C17H19BO5/c1-11-3-2-4-13(17(11)21)9-14(18(22)23)10-16(20)12-5-7-15(19)8-6-12/h2-8,14,19,21-23H,9-10H2,1H3. The predicted molar refractivity (Wildman–Crippen MR) is 87.5 cm³/mol. The smallest absolute Gasteiger partial charge is 0.455 e. The monoisotopic (exact) mass is 314 g/mol. The quantitative estimate of drug-likeness (QED) is 0.483. The van der Waals surface area contributed by atoms with Crippen molar-refractivity contribution in [1.29, 1.82) is 0 Å². The summed E-state index contributed by atoms with van der Waals surface area (Å²) >= 11 is 0. The minimum absolute atomic E-state index is 0.0602. The zero-order valence-corrected chi connectivity index (χ0v) is 12.8. The number of aryl methyl sites for hydroxylation is 1. The Balaban J connectivity index is 2.14. The average Bonchev–Trinajstić information content (AvgIpc) is 2.51. The van der Waals surface area contributed by atoms with Crippen LogP contribution in [-0.2, 0) is 6.42 Å². The Morgan fingerprint density at radius 2 is 1.74 bits per heavy atom. The van der Waals surface area contributed by atoms with Gasteiger partial charge in [-0.15, -0.1) is 0 Å². The second kappa shape index (κ2) is 7.31. The second-order valence-corrected chi connectivity index (χ2v) is 5.63. The van der Waals surface area contributed by atoms with Crippen LogP contribution in [0.1, 0.15) is 27.9 Å². The van der Waals surface area contributed by atoms with Crippen molar-refractivity contribution in [3.05, 3.63) is 59.2 Å². The van der Waals surface area contributed by atoms with Gasteiger partial charge in [-0.1, -0.05) is 18.2 Å². The lowest BCUT2D eigenvalue weighted by atomic mass is 9.66. The number of hydrogen-bond donors (Lipinski definition) is 4. The topological polar surface area (TPSA) is 98.0 Å². The maximum absolute atomic E-state index is 12.2. The lowest BCUT2D eigenvalue weighted by Crippen LogP contribution is -2.24. The zero-order valence-electron chi connectivity index (χ0n) is 12.8. The van der Waals surface area contributed by atoms with Gasteiger partial charge >= 0.3 is 7.12 Å². The van der Waals surface area contributed by atoms with Crippen LogP contribution in [0, 0.1) is 6.92 Å². The van der Waals surface area contributed by atoms with Crippen molar-refractivity contribution in [2.75, 3.05) is 0 Å². The Kier molecular flexibility index (Phi) is 5.42. The number of Topliss-reactive ketones (excluding diaryl/α,β-unsaturated/α-hetero) is 1. The Bertz CT molecular complexity index is 682. The molecule has 0 bridgehead atoms. The third kappa shape index (κ3) is 4.34. The summed E-state index contributed by atoms with van der Waals surface area (Å²) < 4.78 is 0. The Morgan fingerprint density at radius 3 is 2.35 bits per heavy atom. The van der Waals surface area contributed by atoms with Crippen LogP contribution >= 0.6 is 0 Å². The van der Waals surface area contributed by atoms with E-state index in [2.05, 4.69) is 0 Å². The number of phenolic OH excluding ortho intramolecular Hbond substituents is 2. The van der Waals surface area contributed by atoms with E-state index in [-0.39, 0.29) is 30.1 Å². The lowest BCUT2D eigenvalue weighted by molar-refractivity contribution is 0.0975. The molecule has 0 saturated carbocycles. The fourth-order valence-corrected chi connectivity index (χ4v) is 2.45. The number of phenols is 2. The Hall–Kier alpha value is -2.31. The summed E-state index contributed by atoms with van der Waals surface area (Å²) in [5.74, 6) is -0.820. The number of benzene rings is 2. The van der Waals surface area contributed by atoms with E-state index >= 15 is 0 Å². The SMILES string of the molecule is Cc1cccc(CC(CC(=O)c2ccc(O)cc2)B(O)O)c1O. The van der Waals surface area contributed by atoms with E-state index in [1.807, 2.05) is 0 Å². The normalized spacial score (nSPS) is 12.0. The third-order valence-corrected chi connectivity index (χ3v) is 3.86. The Labute approximate surface area is 135 Å². The molecule has 0 aliphatic carbocycles. The largest absolute Gasteiger partial charge is 0.508 e. The minimum Gasteiger partial charge on any atom is -0.508 e. The van der Waals surface area contributed by atoms with Crippen molar-refractivity contribution in [2.45, 2.75) is 25.6 Å². The first-order valence-corrected chi connectivity index (χ1v) is 7.34. The fourth-order valence-electron chi connectivity index (χ4n) is 2.45. The van der Waals surface area contributed by atoms with Gasteiger partial charge in [-0.25, -0.2) is 0 Å². The maximum Gasteiger partial charge on any atom is 0.455 e. The molecule has 2 aromatic carbocycles. The van der Waals surface area contributed by atoms with Crippen LogP contribution in [0.2, 0.25) is 5.82 Å². The van der Waals surface area contributed by atoms with Crippen molar-refractivity contribution < 1.29 is 25.1 Å². The molecule has 2 aromatic rings. The predicted octanol–water partition coefficient (Wildman–Crippen LogP) is 2.06. The third-order valence-electron chi connectivity index (χ3n) is 3.86. The summed E-state index contributed by atoms with van der Waals surface area (Å²) in [7, 11) is -1.67. The molecule has 1 atom stereocenters. The van der Waals surface area contributed by atoms with E-state index < -0.39 is 12.9 Å². The highest BCUT2D eigenvalue weighted by Gasteiger charge is 2.27. The molecule has 0 radical (unpaired) electrons. The zero-order chi connectivity index (χ0) is 17.0. The molecule has 0 aromatic heterocycles. The molecule has 0 fully saturated rings. The molecule has 0 aliphatic rings. The van der Waals surface area contributed by atoms with Crippen LogP contribution < -0.4 is 0 Å². The fraction of sp³-hybridized carbons (Fsp3) is 0.235. The van der Waals surface area contributed by atoms with E-state index in [9.17, 15) is 25.1 Å². The van der Waals surface area contributed by atoms with E-state index in [4.69, 9.17) is 0 Å².